The van der Waals surface area contributed by atoms with E-state index in [0.717, 1.165) is 6.42 Å². The Hall–Kier alpha value is -1.59. The number of carbonyl (C=O) groups excluding carboxylic acids is 2. The predicted octanol–water partition coefficient (Wildman–Crippen LogP) is 0.0262. The van der Waals surface area contributed by atoms with Crippen molar-refractivity contribution in [2.45, 2.75) is 44.6 Å². The topological polar surface area (TPSA) is 95.5 Å². The van der Waals surface area contributed by atoms with Crippen LogP contribution in [0, 0.1) is 0 Å². The van der Waals surface area contributed by atoms with Crippen molar-refractivity contribution in [2.24, 2.45) is 0 Å². The second-order valence-electron chi connectivity index (χ2n) is 4.29. The fraction of sp³-hybridized carbons (Fsp3) is 0.727. The first-order valence-electron chi connectivity index (χ1n) is 5.81. The van der Waals surface area contributed by atoms with E-state index < -0.39 is 11.5 Å². The molecule has 0 spiro atoms. The molecule has 6 heteroatoms. The van der Waals surface area contributed by atoms with Gasteiger partial charge in [-0.15, -0.1) is 0 Å². The predicted molar refractivity (Wildman–Crippen MR) is 60.3 cm³/mol. The summed E-state index contributed by atoms with van der Waals surface area (Å²) in [6, 6.07) is 0. The molecule has 1 aliphatic carbocycles. The molecule has 17 heavy (non-hydrogen) atoms. The molecule has 0 saturated heterocycles. The Kier molecular flexibility index (Phi) is 4.48. The zero-order valence-electron chi connectivity index (χ0n) is 9.91. The van der Waals surface area contributed by atoms with E-state index in [1.54, 1.807) is 0 Å². The Morgan fingerprint density at radius 3 is 2.24 bits per heavy atom. The molecular weight excluding hydrogens is 224 g/mol. The lowest BCUT2D eigenvalue weighted by Crippen LogP contribution is -2.43. The van der Waals surface area contributed by atoms with Gasteiger partial charge in [0.2, 0.25) is 11.8 Å². The van der Waals surface area contributed by atoms with Gasteiger partial charge in [0.15, 0.2) is 0 Å². The van der Waals surface area contributed by atoms with Crippen LogP contribution >= 0.6 is 0 Å². The molecule has 0 heterocycles. The molecule has 1 aliphatic rings. The van der Waals surface area contributed by atoms with E-state index >= 15 is 0 Å². The van der Waals surface area contributed by atoms with Gasteiger partial charge in [-0.05, 0) is 19.3 Å². The molecule has 0 unspecified atom stereocenters. The Bertz CT molecular complexity index is 323. The van der Waals surface area contributed by atoms with Crippen LogP contribution in [0.25, 0.3) is 0 Å². The zero-order chi connectivity index (χ0) is 12.9. The Labute approximate surface area is 99.8 Å². The first-order valence-corrected chi connectivity index (χ1v) is 5.81. The molecule has 1 saturated carbocycles. The number of hydrogen-bond donors (Lipinski definition) is 3. The standard InChI is InChI=1S/C11H18N2O4/c1-2-7-12-8(14)3-4-9(15)13-11(5-6-11)10(16)17/h2-7H2,1H3,(H,12,14)(H,13,15)(H,16,17). The average molecular weight is 242 g/mol. The van der Waals surface area contributed by atoms with Gasteiger partial charge in [0, 0.05) is 19.4 Å². The quantitative estimate of drug-likeness (QED) is 0.586. The number of hydrogen-bond acceptors (Lipinski definition) is 3. The zero-order valence-corrected chi connectivity index (χ0v) is 9.91. The normalized spacial score (nSPS) is 16.1. The number of carbonyl (C=O) groups is 3. The van der Waals surface area contributed by atoms with Gasteiger partial charge < -0.3 is 15.7 Å². The first kappa shape index (κ1) is 13.5. The second kappa shape index (κ2) is 5.65. The third kappa shape index (κ3) is 4.05. The van der Waals surface area contributed by atoms with E-state index in [1.165, 1.54) is 0 Å². The molecule has 1 fully saturated rings. The van der Waals surface area contributed by atoms with Crippen molar-refractivity contribution in [1.82, 2.24) is 10.6 Å². The van der Waals surface area contributed by atoms with Crippen molar-refractivity contribution in [3.05, 3.63) is 0 Å². The van der Waals surface area contributed by atoms with Crippen LogP contribution in [0.1, 0.15) is 39.0 Å². The monoisotopic (exact) mass is 242 g/mol. The summed E-state index contributed by atoms with van der Waals surface area (Å²) in [4.78, 5) is 33.4. The van der Waals surface area contributed by atoms with Crippen LogP contribution in [0.5, 0.6) is 0 Å². The Balaban J connectivity index is 2.22. The maximum absolute atomic E-state index is 11.4. The van der Waals surface area contributed by atoms with Crippen LogP contribution in [-0.4, -0.2) is 35.0 Å². The number of amides is 2. The molecule has 0 radical (unpaired) electrons. The van der Waals surface area contributed by atoms with Gasteiger partial charge in [-0.25, -0.2) is 4.79 Å². The third-order valence-corrected chi connectivity index (χ3v) is 2.69. The van der Waals surface area contributed by atoms with E-state index in [2.05, 4.69) is 10.6 Å². The molecule has 0 aromatic heterocycles. The summed E-state index contributed by atoms with van der Waals surface area (Å²) >= 11 is 0. The Morgan fingerprint density at radius 1 is 1.18 bits per heavy atom. The minimum Gasteiger partial charge on any atom is -0.480 e. The van der Waals surface area contributed by atoms with E-state index in [4.69, 9.17) is 5.11 Å². The summed E-state index contributed by atoms with van der Waals surface area (Å²) in [7, 11) is 0. The largest absolute Gasteiger partial charge is 0.480 e. The number of rotatable bonds is 7. The van der Waals surface area contributed by atoms with E-state index in [1.807, 2.05) is 6.92 Å². The molecule has 96 valence electrons. The molecule has 0 aliphatic heterocycles. The fourth-order valence-corrected chi connectivity index (χ4v) is 1.43. The van der Waals surface area contributed by atoms with Crippen molar-refractivity contribution < 1.29 is 19.5 Å². The lowest BCUT2D eigenvalue weighted by molar-refractivity contribution is -0.143. The molecule has 0 atom stereocenters. The van der Waals surface area contributed by atoms with Crippen molar-refractivity contribution in [3.63, 3.8) is 0 Å². The molecule has 2 amide bonds. The lowest BCUT2D eigenvalue weighted by Gasteiger charge is -2.12. The highest BCUT2D eigenvalue weighted by Crippen LogP contribution is 2.35. The summed E-state index contributed by atoms with van der Waals surface area (Å²) in [6.07, 6.45) is 1.92. The second-order valence-corrected chi connectivity index (χ2v) is 4.29. The van der Waals surface area contributed by atoms with Gasteiger partial charge in [0.25, 0.3) is 0 Å². The summed E-state index contributed by atoms with van der Waals surface area (Å²) in [5.74, 6) is -1.56. The van der Waals surface area contributed by atoms with Crippen molar-refractivity contribution in [2.75, 3.05) is 6.54 Å². The highest BCUT2D eigenvalue weighted by Gasteiger charge is 2.51. The molecule has 0 bridgehead atoms. The van der Waals surface area contributed by atoms with Crippen LogP contribution in [0.2, 0.25) is 0 Å². The van der Waals surface area contributed by atoms with Crippen LogP contribution in [0.15, 0.2) is 0 Å². The van der Waals surface area contributed by atoms with Crippen LogP contribution in [-0.2, 0) is 14.4 Å². The Morgan fingerprint density at radius 2 is 1.76 bits per heavy atom. The van der Waals surface area contributed by atoms with Gasteiger partial charge in [-0.3, -0.25) is 9.59 Å². The molecule has 0 aromatic rings. The van der Waals surface area contributed by atoms with Crippen LogP contribution in [0.4, 0.5) is 0 Å². The SMILES string of the molecule is CCCNC(=O)CCC(=O)NC1(C(=O)O)CC1. The highest BCUT2D eigenvalue weighted by atomic mass is 16.4. The van der Waals surface area contributed by atoms with Gasteiger partial charge in [0.1, 0.15) is 5.54 Å². The molecule has 3 N–H and O–H groups in total. The molecule has 1 rings (SSSR count). The third-order valence-electron chi connectivity index (χ3n) is 2.69. The van der Waals surface area contributed by atoms with E-state index in [0.29, 0.717) is 19.4 Å². The molecular formula is C11H18N2O4. The minimum absolute atomic E-state index is 0.0323. The maximum atomic E-state index is 11.4. The summed E-state index contributed by atoms with van der Waals surface area (Å²) in [5, 5.41) is 14.0. The highest BCUT2D eigenvalue weighted by molar-refractivity contribution is 5.91. The minimum atomic E-state index is -1.06. The number of aliphatic carboxylic acids is 1. The van der Waals surface area contributed by atoms with Crippen molar-refractivity contribution in [1.29, 1.82) is 0 Å². The van der Waals surface area contributed by atoms with Crippen LogP contribution in [0.3, 0.4) is 0 Å². The summed E-state index contributed by atoms with van der Waals surface area (Å²) in [6.45, 7) is 2.54. The maximum Gasteiger partial charge on any atom is 0.329 e. The fourth-order valence-electron chi connectivity index (χ4n) is 1.43. The average Bonchev–Trinajstić information content (AvgIpc) is 3.04. The van der Waals surface area contributed by atoms with Crippen molar-refractivity contribution in [3.8, 4) is 0 Å². The van der Waals surface area contributed by atoms with Gasteiger partial charge in [0.05, 0.1) is 0 Å². The van der Waals surface area contributed by atoms with E-state index in [-0.39, 0.29) is 24.7 Å². The molecule has 6 nitrogen and oxygen atoms in total. The van der Waals surface area contributed by atoms with Crippen LogP contribution < -0.4 is 10.6 Å². The number of carboxylic acid groups (broad SMARTS) is 1. The van der Waals surface area contributed by atoms with Crippen molar-refractivity contribution >= 4 is 17.8 Å². The summed E-state index contributed by atoms with van der Waals surface area (Å²) in [5.41, 5.74) is -1.06. The van der Waals surface area contributed by atoms with Gasteiger partial charge in [-0.1, -0.05) is 6.92 Å². The number of carboxylic acids is 1. The smallest absolute Gasteiger partial charge is 0.329 e. The van der Waals surface area contributed by atoms with Gasteiger partial charge in [-0.2, -0.15) is 0 Å². The first-order chi connectivity index (χ1) is 8.00. The van der Waals surface area contributed by atoms with E-state index in [9.17, 15) is 14.4 Å². The number of nitrogens with one attached hydrogen (secondary N) is 2. The summed E-state index contributed by atoms with van der Waals surface area (Å²) < 4.78 is 0. The molecule has 0 aromatic carbocycles. The van der Waals surface area contributed by atoms with Gasteiger partial charge >= 0.3 is 5.97 Å². The lowest BCUT2D eigenvalue weighted by atomic mass is 10.2.